The van der Waals surface area contributed by atoms with Gasteiger partial charge in [0.1, 0.15) is 11.6 Å². The van der Waals surface area contributed by atoms with Crippen molar-refractivity contribution in [3.8, 4) is 5.75 Å². The molecule has 1 saturated heterocycles. The molecule has 5 nitrogen and oxygen atoms in total. The molecule has 1 amide bonds. The van der Waals surface area contributed by atoms with Crippen molar-refractivity contribution in [3.05, 3.63) is 59.9 Å². The predicted octanol–water partition coefficient (Wildman–Crippen LogP) is 4.68. The second kappa shape index (κ2) is 10.3. The number of benzene rings is 2. The summed E-state index contributed by atoms with van der Waals surface area (Å²) in [6, 6.07) is 15.7. The molecule has 1 fully saturated rings. The summed E-state index contributed by atoms with van der Waals surface area (Å²) in [4.78, 5) is 17.9. The van der Waals surface area contributed by atoms with Crippen LogP contribution >= 0.6 is 0 Å². The van der Waals surface area contributed by atoms with Crippen LogP contribution < -0.4 is 10.1 Å². The van der Waals surface area contributed by atoms with Gasteiger partial charge in [-0.05, 0) is 56.9 Å². The van der Waals surface area contributed by atoms with Gasteiger partial charge < -0.3 is 15.0 Å². The van der Waals surface area contributed by atoms with E-state index in [1.807, 2.05) is 17.0 Å². The average Bonchev–Trinajstić information content (AvgIpc) is 3.15. The molecule has 0 spiro atoms. The molecule has 2 aliphatic heterocycles. The van der Waals surface area contributed by atoms with E-state index in [-0.39, 0.29) is 24.8 Å². The van der Waals surface area contributed by atoms with Crippen molar-refractivity contribution in [2.24, 2.45) is 0 Å². The first-order chi connectivity index (χ1) is 15.5. The van der Waals surface area contributed by atoms with Crippen LogP contribution in [-0.2, 0) is 11.3 Å². The number of hydrogen-bond donors (Lipinski definition) is 1. The Morgan fingerprint density at radius 2 is 1.94 bits per heavy atom. The largest absolute Gasteiger partial charge is 0.493 e. The molecular weight excluding hydrogens is 405 g/mol. The number of hydrogen-bond acceptors (Lipinski definition) is 4. The number of nitrogens with one attached hydrogen (secondary N) is 1. The van der Waals surface area contributed by atoms with Crippen molar-refractivity contribution in [2.45, 2.75) is 64.2 Å². The monoisotopic (exact) mass is 439 g/mol. The number of amides is 1. The van der Waals surface area contributed by atoms with E-state index < -0.39 is 0 Å². The fraction of sp³-hybridized carbons (Fsp3) is 0.500. The maximum atomic E-state index is 13.4. The molecule has 4 rings (SSSR count). The average molecular weight is 440 g/mol. The van der Waals surface area contributed by atoms with E-state index >= 15 is 0 Å². The molecule has 0 aliphatic carbocycles. The zero-order valence-corrected chi connectivity index (χ0v) is 19.1. The first kappa shape index (κ1) is 22.6. The first-order valence-corrected chi connectivity index (χ1v) is 11.8. The summed E-state index contributed by atoms with van der Waals surface area (Å²) in [5.74, 6) is 0.187. The third-order valence-electron chi connectivity index (χ3n) is 6.61. The van der Waals surface area contributed by atoms with Gasteiger partial charge in [0.25, 0.3) is 0 Å². The summed E-state index contributed by atoms with van der Waals surface area (Å²) >= 11 is 0. The Balaban J connectivity index is 1.50. The van der Waals surface area contributed by atoms with Crippen LogP contribution in [0.2, 0.25) is 0 Å². The molecule has 0 saturated carbocycles. The third kappa shape index (κ3) is 5.41. The maximum absolute atomic E-state index is 13.4. The minimum Gasteiger partial charge on any atom is -0.493 e. The summed E-state index contributed by atoms with van der Waals surface area (Å²) in [6.07, 6.45) is 3.67. The van der Waals surface area contributed by atoms with Crippen molar-refractivity contribution in [2.75, 3.05) is 25.0 Å². The Labute approximate surface area is 190 Å². The van der Waals surface area contributed by atoms with E-state index in [9.17, 15) is 9.18 Å². The van der Waals surface area contributed by atoms with Gasteiger partial charge in [0.15, 0.2) is 0 Å². The minimum atomic E-state index is -0.338. The standard InChI is InChI=1S/C26H34FN3O2/c1-19(2)30-22-10-11-23(30)18-29(17-20-6-3-4-9-25(20)28-14-12-22)26(31)13-15-32-24-8-5-7-21(27)16-24/h3-9,16,19,22-23,28H,10-15,17-18H2,1-2H3/t22-,23+/m1/s1. The van der Waals surface area contributed by atoms with Crippen LogP contribution in [0, 0.1) is 5.82 Å². The Kier molecular flexibility index (Phi) is 7.30. The van der Waals surface area contributed by atoms with Crippen LogP contribution in [0.1, 0.15) is 45.1 Å². The van der Waals surface area contributed by atoms with Crippen molar-refractivity contribution < 1.29 is 13.9 Å². The molecular formula is C26H34FN3O2. The molecule has 2 aliphatic rings. The molecule has 0 aromatic heterocycles. The second-order valence-corrected chi connectivity index (χ2v) is 9.13. The highest BCUT2D eigenvalue weighted by Gasteiger charge is 2.36. The number of carbonyl (C=O) groups excluding carboxylic acids is 1. The summed E-state index contributed by atoms with van der Waals surface area (Å²) in [5.41, 5.74) is 2.25. The summed E-state index contributed by atoms with van der Waals surface area (Å²) < 4.78 is 19.0. The van der Waals surface area contributed by atoms with Crippen LogP contribution in [0.25, 0.3) is 0 Å². The molecule has 2 bridgehead atoms. The van der Waals surface area contributed by atoms with Crippen LogP contribution in [0.3, 0.4) is 0 Å². The van der Waals surface area contributed by atoms with Crippen molar-refractivity contribution in [1.29, 1.82) is 0 Å². The number of para-hydroxylation sites is 1. The minimum absolute atomic E-state index is 0.0719. The van der Waals surface area contributed by atoms with Gasteiger partial charge in [0.2, 0.25) is 5.91 Å². The summed E-state index contributed by atoms with van der Waals surface area (Å²) in [6.45, 7) is 6.99. The molecule has 1 N–H and O–H groups in total. The summed E-state index contributed by atoms with van der Waals surface area (Å²) in [7, 11) is 0. The molecule has 2 aromatic rings. The van der Waals surface area contributed by atoms with E-state index in [4.69, 9.17) is 4.74 Å². The van der Waals surface area contributed by atoms with Crippen molar-refractivity contribution in [3.63, 3.8) is 0 Å². The fourth-order valence-electron chi connectivity index (χ4n) is 5.19. The SMILES string of the molecule is CC(C)N1[C@H]2CCNc3ccccc3CN(C(=O)CCOc3cccc(F)c3)C[C@@H]1CC2. The second-order valence-electron chi connectivity index (χ2n) is 9.13. The molecule has 2 aromatic carbocycles. The van der Waals surface area contributed by atoms with E-state index in [1.165, 1.54) is 18.6 Å². The topological polar surface area (TPSA) is 44.8 Å². The number of halogens is 1. The lowest BCUT2D eigenvalue weighted by atomic mass is 10.1. The lowest BCUT2D eigenvalue weighted by Gasteiger charge is -2.36. The summed E-state index contributed by atoms with van der Waals surface area (Å²) in [5, 5.41) is 3.61. The molecule has 172 valence electrons. The molecule has 32 heavy (non-hydrogen) atoms. The third-order valence-corrected chi connectivity index (χ3v) is 6.61. The van der Waals surface area contributed by atoms with Gasteiger partial charge in [0, 0.05) is 49.5 Å². The predicted molar refractivity (Wildman–Crippen MR) is 125 cm³/mol. The highest BCUT2D eigenvalue weighted by Crippen LogP contribution is 2.31. The number of fused-ring (bicyclic) bond motifs is 3. The van der Waals surface area contributed by atoms with Gasteiger partial charge in [-0.25, -0.2) is 4.39 Å². The van der Waals surface area contributed by atoms with Crippen molar-refractivity contribution in [1.82, 2.24) is 9.80 Å². The Morgan fingerprint density at radius 1 is 1.12 bits per heavy atom. The first-order valence-electron chi connectivity index (χ1n) is 11.8. The highest BCUT2D eigenvalue weighted by molar-refractivity contribution is 5.76. The van der Waals surface area contributed by atoms with E-state index in [2.05, 4.69) is 36.2 Å². The number of anilines is 1. The Bertz CT molecular complexity index is 919. The van der Waals surface area contributed by atoms with Gasteiger partial charge in [-0.2, -0.15) is 0 Å². The number of ether oxygens (including phenoxy) is 1. The van der Waals surface area contributed by atoms with Crippen LogP contribution in [0.4, 0.5) is 10.1 Å². The Hall–Kier alpha value is -2.60. The zero-order chi connectivity index (χ0) is 22.5. The lowest BCUT2D eigenvalue weighted by Crippen LogP contribution is -2.48. The lowest BCUT2D eigenvalue weighted by molar-refractivity contribution is -0.133. The number of nitrogens with zero attached hydrogens (tertiary/aromatic N) is 2. The van der Waals surface area contributed by atoms with Crippen LogP contribution in [0.5, 0.6) is 5.75 Å². The van der Waals surface area contributed by atoms with Gasteiger partial charge in [-0.1, -0.05) is 24.3 Å². The zero-order valence-electron chi connectivity index (χ0n) is 19.1. The van der Waals surface area contributed by atoms with E-state index in [0.717, 1.165) is 37.2 Å². The number of carbonyl (C=O) groups is 1. The van der Waals surface area contributed by atoms with Crippen molar-refractivity contribution >= 4 is 11.6 Å². The van der Waals surface area contributed by atoms with Crippen LogP contribution in [-0.4, -0.2) is 53.5 Å². The molecule has 2 heterocycles. The molecule has 6 heteroatoms. The normalized spacial score (nSPS) is 21.6. The van der Waals surface area contributed by atoms with Gasteiger partial charge in [-0.3, -0.25) is 9.69 Å². The van der Waals surface area contributed by atoms with E-state index in [1.54, 1.807) is 12.1 Å². The highest BCUT2D eigenvalue weighted by atomic mass is 19.1. The molecule has 0 radical (unpaired) electrons. The molecule has 2 atom stereocenters. The van der Waals surface area contributed by atoms with Crippen LogP contribution in [0.15, 0.2) is 48.5 Å². The smallest absolute Gasteiger partial charge is 0.226 e. The maximum Gasteiger partial charge on any atom is 0.226 e. The van der Waals surface area contributed by atoms with Gasteiger partial charge in [0.05, 0.1) is 13.0 Å². The Morgan fingerprint density at radius 3 is 2.75 bits per heavy atom. The number of rotatable bonds is 5. The molecule has 0 unspecified atom stereocenters. The van der Waals surface area contributed by atoms with Gasteiger partial charge >= 0.3 is 0 Å². The van der Waals surface area contributed by atoms with E-state index in [0.29, 0.717) is 30.4 Å². The van der Waals surface area contributed by atoms with Gasteiger partial charge in [-0.15, -0.1) is 0 Å². The fourth-order valence-corrected chi connectivity index (χ4v) is 5.19. The quantitative estimate of drug-likeness (QED) is 0.735.